The van der Waals surface area contributed by atoms with Crippen LogP contribution in [0.2, 0.25) is 0 Å². The Labute approximate surface area is 166 Å². The molecule has 5 nitrogen and oxygen atoms in total. The SMILES string of the molecule is CC(C)(C)c1ccc(N2CC(=O)N(c3ccccc3)[C@H]3CS(=O)(=O)C[C@@H]32)cc1. The number of anilines is 2. The number of carbonyl (C=O) groups excluding carboxylic acids is 1. The van der Waals surface area contributed by atoms with Crippen LogP contribution in [0.5, 0.6) is 0 Å². The maximum absolute atomic E-state index is 13.0. The van der Waals surface area contributed by atoms with E-state index in [1.165, 1.54) is 5.56 Å². The molecule has 0 unspecified atom stereocenters. The number of benzene rings is 2. The number of carbonyl (C=O) groups is 1. The summed E-state index contributed by atoms with van der Waals surface area (Å²) in [6, 6.07) is 16.9. The number of hydrogen-bond donors (Lipinski definition) is 0. The number of para-hydroxylation sites is 1. The highest BCUT2D eigenvalue weighted by molar-refractivity contribution is 7.91. The van der Waals surface area contributed by atoms with Crippen molar-refractivity contribution in [3.63, 3.8) is 0 Å². The summed E-state index contributed by atoms with van der Waals surface area (Å²) in [4.78, 5) is 16.7. The van der Waals surface area contributed by atoms with Gasteiger partial charge in [0, 0.05) is 11.4 Å². The van der Waals surface area contributed by atoms with Gasteiger partial charge in [-0.1, -0.05) is 51.1 Å². The van der Waals surface area contributed by atoms with Gasteiger partial charge in [-0.2, -0.15) is 0 Å². The van der Waals surface area contributed by atoms with Crippen LogP contribution in [0, 0.1) is 0 Å². The van der Waals surface area contributed by atoms with E-state index in [1.54, 1.807) is 4.90 Å². The van der Waals surface area contributed by atoms with Crippen LogP contribution in [0.3, 0.4) is 0 Å². The molecular weight excluding hydrogens is 372 g/mol. The number of amides is 1. The van der Waals surface area contributed by atoms with Crippen LogP contribution >= 0.6 is 0 Å². The quantitative estimate of drug-likeness (QED) is 0.780. The van der Waals surface area contributed by atoms with Crippen LogP contribution in [-0.4, -0.2) is 44.5 Å². The van der Waals surface area contributed by atoms with E-state index in [0.29, 0.717) is 0 Å². The largest absolute Gasteiger partial charge is 0.356 e. The van der Waals surface area contributed by atoms with Crippen LogP contribution < -0.4 is 9.80 Å². The Bertz CT molecular complexity index is 979. The summed E-state index contributed by atoms with van der Waals surface area (Å²) in [6.45, 7) is 6.65. The van der Waals surface area contributed by atoms with Crippen molar-refractivity contribution < 1.29 is 13.2 Å². The van der Waals surface area contributed by atoms with Crippen molar-refractivity contribution in [1.29, 1.82) is 0 Å². The van der Waals surface area contributed by atoms with Gasteiger partial charge in [0.05, 0.1) is 30.1 Å². The third kappa shape index (κ3) is 3.41. The number of piperazine rings is 1. The third-order valence-electron chi connectivity index (χ3n) is 5.70. The number of fused-ring (bicyclic) bond motifs is 1. The minimum absolute atomic E-state index is 0.00881. The van der Waals surface area contributed by atoms with E-state index in [2.05, 4.69) is 32.9 Å². The summed E-state index contributed by atoms with van der Waals surface area (Å²) in [6.07, 6.45) is 0. The molecule has 2 atom stereocenters. The van der Waals surface area contributed by atoms with E-state index in [1.807, 2.05) is 47.4 Å². The second-order valence-electron chi connectivity index (χ2n) is 8.74. The zero-order valence-corrected chi connectivity index (χ0v) is 17.3. The van der Waals surface area contributed by atoms with Crippen molar-refractivity contribution in [3.05, 3.63) is 60.2 Å². The lowest BCUT2D eigenvalue weighted by Crippen LogP contribution is -2.62. The monoisotopic (exact) mass is 398 g/mol. The van der Waals surface area contributed by atoms with Gasteiger partial charge in [0.1, 0.15) is 0 Å². The van der Waals surface area contributed by atoms with Gasteiger partial charge >= 0.3 is 0 Å². The summed E-state index contributed by atoms with van der Waals surface area (Å²) < 4.78 is 25.0. The van der Waals surface area contributed by atoms with Gasteiger partial charge in [0.2, 0.25) is 5.91 Å². The van der Waals surface area contributed by atoms with Crippen LogP contribution in [0.1, 0.15) is 26.3 Å². The number of rotatable bonds is 2. The molecule has 2 aliphatic rings. The fourth-order valence-electron chi connectivity index (χ4n) is 4.24. The van der Waals surface area contributed by atoms with Gasteiger partial charge in [-0.3, -0.25) is 4.79 Å². The maximum Gasteiger partial charge on any atom is 0.246 e. The summed E-state index contributed by atoms with van der Waals surface area (Å²) >= 11 is 0. The molecular formula is C22H26N2O3S. The third-order valence-corrected chi connectivity index (χ3v) is 7.40. The highest BCUT2D eigenvalue weighted by atomic mass is 32.2. The van der Waals surface area contributed by atoms with Crippen molar-refractivity contribution in [2.24, 2.45) is 0 Å². The Balaban J connectivity index is 1.71. The second kappa shape index (κ2) is 6.62. The van der Waals surface area contributed by atoms with Crippen molar-refractivity contribution in [2.75, 3.05) is 27.9 Å². The Morgan fingerprint density at radius 1 is 0.857 bits per heavy atom. The van der Waals surface area contributed by atoms with Crippen molar-refractivity contribution in [1.82, 2.24) is 0 Å². The van der Waals surface area contributed by atoms with Gasteiger partial charge < -0.3 is 9.80 Å². The average molecular weight is 399 g/mol. The smallest absolute Gasteiger partial charge is 0.246 e. The topological polar surface area (TPSA) is 57.7 Å². The van der Waals surface area contributed by atoms with Gasteiger partial charge in [-0.05, 0) is 35.2 Å². The molecule has 6 heteroatoms. The molecule has 0 aromatic heterocycles. The van der Waals surface area contributed by atoms with E-state index < -0.39 is 9.84 Å². The first-order valence-corrected chi connectivity index (χ1v) is 11.4. The molecule has 2 saturated heterocycles. The zero-order valence-electron chi connectivity index (χ0n) is 16.5. The molecule has 28 heavy (non-hydrogen) atoms. The Morgan fingerprint density at radius 3 is 2.07 bits per heavy atom. The van der Waals surface area contributed by atoms with E-state index >= 15 is 0 Å². The van der Waals surface area contributed by atoms with Gasteiger partial charge in [-0.15, -0.1) is 0 Å². The molecule has 0 spiro atoms. The standard InChI is InChI=1S/C22H26N2O3S/c1-22(2,3)16-9-11-17(12-10-16)23-13-21(25)24(18-7-5-4-6-8-18)20-15-28(26,27)14-19(20)23/h4-12,19-20H,13-15H2,1-3H3/t19-,20-/m0/s1. The Hall–Kier alpha value is -2.34. The van der Waals surface area contributed by atoms with Gasteiger partial charge in [0.25, 0.3) is 0 Å². The van der Waals surface area contributed by atoms with E-state index in [9.17, 15) is 13.2 Å². The summed E-state index contributed by atoms with van der Waals surface area (Å²) in [5.74, 6) is 0.0222. The fraction of sp³-hybridized carbons (Fsp3) is 0.409. The van der Waals surface area contributed by atoms with Crippen LogP contribution in [0.15, 0.2) is 54.6 Å². The molecule has 0 aliphatic carbocycles. The van der Waals surface area contributed by atoms with Crippen LogP contribution in [0.4, 0.5) is 11.4 Å². The predicted octanol–water partition coefficient (Wildman–Crippen LogP) is 3.00. The first kappa shape index (κ1) is 19.0. The van der Waals surface area contributed by atoms with Gasteiger partial charge in [-0.25, -0.2) is 8.42 Å². The molecule has 4 rings (SSSR count). The lowest BCUT2D eigenvalue weighted by Gasteiger charge is -2.44. The van der Waals surface area contributed by atoms with E-state index in [0.717, 1.165) is 11.4 Å². The predicted molar refractivity (Wildman–Crippen MR) is 113 cm³/mol. The molecule has 148 valence electrons. The molecule has 0 saturated carbocycles. The van der Waals surface area contributed by atoms with Crippen LogP contribution in [-0.2, 0) is 20.0 Å². The molecule has 0 bridgehead atoms. The molecule has 2 aromatic rings. The summed E-state index contributed by atoms with van der Waals surface area (Å²) in [5, 5.41) is 0. The maximum atomic E-state index is 13.0. The molecule has 2 aromatic carbocycles. The molecule has 2 heterocycles. The highest BCUT2D eigenvalue weighted by Crippen LogP contribution is 2.35. The van der Waals surface area contributed by atoms with Crippen LogP contribution in [0.25, 0.3) is 0 Å². The van der Waals surface area contributed by atoms with Crippen molar-refractivity contribution >= 4 is 27.1 Å². The zero-order chi connectivity index (χ0) is 20.1. The minimum Gasteiger partial charge on any atom is -0.356 e. The Morgan fingerprint density at radius 2 is 1.46 bits per heavy atom. The highest BCUT2D eigenvalue weighted by Gasteiger charge is 2.49. The van der Waals surface area contributed by atoms with Crippen molar-refractivity contribution in [2.45, 2.75) is 38.3 Å². The first-order chi connectivity index (χ1) is 13.2. The summed E-state index contributed by atoms with van der Waals surface area (Å²) in [7, 11) is -3.20. The average Bonchev–Trinajstić information content (AvgIpc) is 2.96. The normalized spacial score (nSPS) is 24.3. The lowest BCUT2D eigenvalue weighted by molar-refractivity contribution is -0.118. The number of sulfone groups is 1. The molecule has 0 N–H and O–H groups in total. The number of hydrogen-bond acceptors (Lipinski definition) is 4. The minimum atomic E-state index is -3.20. The molecule has 0 radical (unpaired) electrons. The lowest BCUT2D eigenvalue weighted by atomic mass is 9.87. The second-order valence-corrected chi connectivity index (χ2v) is 10.9. The summed E-state index contributed by atoms with van der Waals surface area (Å²) in [5.41, 5.74) is 2.92. The Kier molecular flexibility index (Phi) is 4.49. The fourth-order valence-corrected chi connectivity index (χ4v) is 6.19. The molecule has 2 fully saturated rings. The van der Waals surface area contributed by atoms with Crippen molar-refractivity contribution in [3.8, 4) is 0 Å². The molecule has 1 amide bonds. The number of nitrogens with zero attached hydrogens (tertiary/aromatic N) is 2. The van der Waals surface area contributed by atoms with E-state index in [4.69, 9.17) is 0 Å². The molecule has 2 aliphatic heterocycles. The first-order valence-electron chi connectivity index (χ1n) is 9.60. The van der Waals surface area contributed by atoms with E-state index in [-0.39, 0.29) is 41.5 Å². The van der Waals surface area contributed by atoms with Gasteiger partial charge in [0.15, 0.2) is 9.84 Å².